The molecule has 0 N–H and O–H groups in total. The average molecular weight is 325 g/mol. The average Bonchev–Trinajstić information content (AvgIpc) is 3.08. The summed E-state index contributed by atoms with van der Waals surface area (Å²) in [7, 11) is 0. The van der Waals surface area contributed by atoms with Crippen molar-refractivity contribution >= 4 is 5.69 Å². The molecule has 1 aliphatic rings. The Labute approximate surface area is 139 Å². The van der Waals surface area contributed by atoms with E-state index in [4.69, 9.17) is 0 Å². The van der Waals surface area contributed by atoms with E-state index in [1.54, 1.807) is 6.20 Å². The van der Waals surface area contributed by atoms with Crippen molar-refractivity contribution in [3.05, 3.63) is 83.9 Å². The summed E-state index contributed by atoms with van der Waals surface area (Å²) in [5.41, 5.74) is 2.99. The second kappa shape index (κ2) is 6.07. The Morgan fingerprint density at radius 2 is 1.88 bits per heavy atom. The van der Waals surface area contributed by atoms with Crippen LogP contribution in [0.4, 0.5) is 14.5 Å². The molecular weight excluding hydrogens is 308 g/mol. The Hall–Kier alpha value is -2.69. The summed E-state index contributed by atoms with van der Waals surface area (Å²) in [6, 6.07) is 12.1. The molecule has 0 saturated carbocycles. The van der Waals surface area contributed by atoms with Gasteiger partial charge in [0.25, 0.3) is 0 Å². The van der Waals surface area contributed by atoms with Gasteiger partial charge in [-0.15, -0.1) is 0 Å². The van der Waals surface area contributed by atoms with Gasteiger partial charge in [-0.2, -0.15) is 0 Å². The smallest absolute Gasteiger partial charge is 0.126 e. The molecule has 5 heteroatoms. The van der Waals surface area contributed by atoms with Crippen molar-refractivity contribution in [3.8, 4) is 0 Å². The second-order valence-corrected chi connectivity index (χ2v) is 6.15. The van der Waals surface area contributed by atoms with Gasteiger partial charge in [0.1, 0.15) is 11.6 Å². The molecule has 2 heterocycles. The molecule has 4 rings (SSSR count). The quantitative estimate of drug-likeness (QED) is 0.727. The maximum atomic E-state index is 13.5. The van der Waals surface area contributed by atoms with Gasteiger partial charge in [0.05, 0.1) is 12.4 Å². The molecule has 1 atom stereocenters. The highest BCUT2D eigenvalue weighted by atomic mass is 19.1. The molecule has 2 aromatic carbocycles. The molecule has 0 radical (unpaired) electrons. The maximum absolute atomic E-state index is 13.5. The minimum atomic E-state index is -0.540. The highest BCUT2D eigenvalue weighted by Gasteiger charge is 2.25. The fraction of sp³-hybridized carbons (Fsp3) is 0.211. The van der Waals surface area contributed by atoms with E-state index >= 15 is 0 Å². The molecular formula is C19H17F2N3. The summed E-state index contributed by atoms with van der Waals surface area (Å²) >= 11 is 0. The van der Waals surface area contributed by atoms with Gasteiger partial charge in [-0.25, -0.2) is 13.8 Å². The van der Waals surface area contributed by atoms with Crippen LogP contribution in [0, 0.1) is 11.6 Å². The number of hydrogen-bond donors (Lipinski definition) is 0. The fourth-order valence-electron chi connectivity index (χ4n) is 3.42. The van der Waals surface area contributed by atoms with Gasteiger partial charge in [-0.1, -0.05) is 18.2 Å². The molecule has 3 aromatic rings. The van der Waals surface area contributed by atoms with E-state index in [-0.39, 0.29) is 6.04 Å². The van der Waals surface area contributed by atoms with Gasteiger partial charge in [0, 0.05) is 37.2 Å². The van der Waals surface area contributed by atoms with Crippen molar-refractivity contribution in [3.63, 3.8) is 0 Å². The highest BCUT2D eigenvalue weighted by molar-refractivity contribution is 5.56. The van der Waals surface area contributed by atoms with Crippen LogP contribution in [0.25, 0.3) is 0 Å². The third-order valence-electron chi connectivity index (χ3n) is 4.46. The third-order valence-corrected chi connectivity index (χ3v) is 4.46. The number of aromatic nitrogens is 2. The van der Waals surface area contributed by atoms with Crippen molar-refractivity contribution in [1.29, 1.82) is 0 Å². The number of nitrogens with zero attached hydrogens (tertiary/aromatic N) is 3. The van der Waals surface area contributed by atoms with Crippen molar-refractivity contribution in [2.75, 3.05) is 11.4 Å². The topological polar surface area (TPSA) is 21.1 Å². The molecule has 0 amide bonds. The number of fused-ring (bicyclic) bond motifs is 1. The van der Waals surface area contributed by atoms with Crippen molar-refractivity contribution in [2.24, 2.45) is 0 Å². The largest absolute Gasteiger partial charge is 0.365 e. The van der Waals surface area contributed by atoms with Crippen molar-refractivity contribution in [1.82, 2.24) is 9.55 Å². The normalized spacial score (nSPS) is 16.9. The van der Waals surface area contributed by atoms with Gasteiger partial charge >= 0.3 is 0 Å². The Morgan fingerprint density at radius 3 is 2.62 bits per heavy atom. The number of benzene rings is 2. The number of imidazole rings is 1. The summed E-state index contributed by atoms with van der Waals surface area (Å²) < 4.78 is 29.1. The van der Waals surface area contributed by atoms with E-state index in [1.165, 1.54) is 17.7 Å². The molecule has 1 aromatic heterocycles. The minimum Gasteiger partial charge on any atom is -0.365 e. The van der Waals surface area contributed by atoms with Crippen LogP contribution < -0.4 is 4.90 Å². The molecule has 3 nitrogen and oxygen atoms in total. The Balaban J connectivity index is 1.67. The first-order chi connectivity index (χ1) is 11.7. The molecule has 0 saturated heterocycles. The zero-order valence-electron chi connectivity index (χ0n) is 13.1. The minimum absolute atomic E-state index is 0.251. The molecule has 1 unspecified atom stereocenters. The van der Waals surface area contributed by atoms with Crippen LogP contribution in [0.3, 0.4) is 0 Å². The lowest BCUT2D eigenvalue weighted by Gasteiger charge is -2.36. The number of anilines is 1. The fourth-order valence-corrected chi connectivity index (χ4v) is 3.42. The maximum Gasteiger partial charge on any atom is 0.126 e. The number of halogens is 2. The lowest BCUT2D eigenvalue weighted by atomic mass is 9.97. The van der Waals surface area contributed by atoms with Gasteiger partial charge in [-0.3, -0.25) is 0 Å². The predicted octanol–water partition coefficient (Wildman–Crippen LogP) is 3.97. The Morgan fingerprint density at radius 1 is 1.08 bits per heavy atom. The second-order valence-electron chi connectivity index (χ2n) is 6.15. The lowest BCUT2D eigenvalue weighted by molar-refractivity contribution is 0.468. The standard InChI is InChI=1S/C19H17F2N3/c20-16-7-14(8-17(21)10-16)11-24-12-18(23-6-5-22-13-23)9-15-3-1-2-4-19(15)24/h1-8,10,13,18H,9,11-12H2. The molecule has 1 aliphatic heterocycles. The Bertz CT molecular complexity index is 825. The molecule has 0 aliphatic carbocycles. The molecule has 0 spiro atoms. The zero-order chi connectivity index (χ0) is 16.5. The van der Waals surface area contributed by atoms with E-state index in [2.05, 4.69) is 26.6 Å². The van der Waals surface area contributed by atoms with Crippen LogP contribution in [0.1, 0.15) is 17.2 Å². The molecule has 24 heavy (non-hydrogen) atoms. The van der Waals surface area contributed by atoms with Crippen LogP contribution in [0.5, 0.6) is 0 Å². The van der Waals surface area contributed by atoms with Crippen molar-refractivity contribution in [2.45, 2.75) is 19.0 Å². The number of para-hydroxylation sites is 1. The van der Waals surface area contributed by atoms with Crippen LogP contribution in [-0.2, 0) is 13.0 Å². The Kier molecular flexibility index (Phi) is 3.76. The van der Waals surface area contributed by atoms with Crippen molar-refractivity contribution < 1.29 is 8.78 Å². The van der Waals surface area contributed by atoms with E-state index < -0.39 is 11.6 Å². The van der Waals surface area contributed by atoms with Crippen LogP contribution in [-0.4, -0.2) is 16.1 Å². The summed E-state index contributed by atoms with van der Waals surface area (Å²) in [4.78, 5) is 6.31. The molecule has 122 valence electrons. The number of rotatable bonds is 3. The third kappa shape index (κ3) is 2.89. The van der Waals surface area contributed by atoms with Gasteiger partial charge in [0.2, 0.25) is 0 Å². The zero-order valence-corrected chi connectivity index (χ0v) is 13.1. The van der Waals surface area contributed by atoms with Gasteiger partial charge in [0.15, 0.2) is 0 Å². The molecule has 0 fully saturated rings. The highest BCUT2D eigenvalue weighted by Crippen LogP contribution is 2.33. The SMILES string of the molecule is Fc1cc(F)cc(CN2CC(n3ccnc3)Cc3ccccc32)c1. The summed E-state index contributed by atoms with van der Waals surface area (Å²) in [5, 5.41) is 0. The van der Waals surface area contributed by atoms with E-state index in [0.717, 1.165) is 24.7 Å². The number of hydrogen-bond acceptors (Lipinski definition) is 2. The van der Waals surface area contributed by atoms with E-state index in [0.29, 0.717) is 12.1 Å². The first-order valence-corrected chi connectivity index (χ1v) is 7.94. The van der Waals surface area contributed by atoms with Gasteiger partial charge < -0.3 is 9.47 Å². The predicted molar refractivity (Wildman–Crippen MR) is 88.8 cm³/mol. The van der Waals surface area contributed by atoms with E-state index in [9.17, 15) is 8.78 Å². The summed E-state index contributed by atoms with van der Waals surface area (Å²) in [6.07, 6.45) is 6.46. The van der Waals surface area contributed by atoms with Crippen LogP contribution in [0.2, 0.25) is 0 Å². The monoisotopic (exact) mass is 325 g/mol. The summed E-state index contributed by atoms with van der Waals surface area (Å²) in [5.74, 6) is -1.08. The van der Waals surface area contributed by atoms with E-state index in [1.807, 2.05) is 24.7 Å². The molecule has 0 bridgehead atoms. The lowest BCUT2D eigenvalue weighted by Crippen LogP contribution is -2.36. The van der Waals surface area contributed by atoms with Crippen LogP contribution >= 0.6 is 0 Å². The van der Waals surface area contributed by atoms with Gasteiger partial charge in [-0.05, 0) is 35.7 Å². The first-order valence-electron chi connectivity index (χ1n) is 7.94. The summed E-state index contributed by atoms with van der Waals surface area (Å²) in [6.45, 7) is 1.24. The first kappa shape index (κ1) is 14.9. The van der Waals surface area contributed by atoms with Crippen LogP contribution in [0.15, 0.2) is 61.2 Å².